The van der Waals surface area contributed by atoms with Crippen molar-refractivity contribution < 1.29 is 4.42 Å². The van der Waals surface area contributed by atoms with Gasteiger partial charge in [0.25, 0.3) is 0 Å². The molecule has 1 aliphatic rings. The Bertz CT molecular complexity index is 396. The third-order valence-corrected chi connectivity index (χ3v) is 3.99. The van der Waals surface area contributed by atoms with E-state index in [0.29, 0.717) is 5.92 Å². The molecule has 21 heavy (non-hydrogen) atoms. The minimum atomic E-state index is 0.677. The smallest absolute Gasteiger partial charge is 0.118 e. The average Bonchev–Trinajstić information content (AvgIpc) is 3.08. The largest absolute Gasteiger partial charge is 0.463 e. The van der Waals surface area contributed by atoms with Gasteiger partial charge < -0.3 is 14.6 Å². The third-order valence-electron chi connectivity index (χ3n) is 3.99. The van der Waals surface area contributed by atoms with Crippen LogP contribution in [-0.2, 0) is 13.1 Å². The van der Waals surface area contributed by atoms with E-state index < -0.39 is 0 Å². The monoisotopic (exact) mass is 293 g/mol. The van der Waals surface area contributed by atoms with Crippen LogP contribution in [0.25, 0.3) is 0 Å². The molecule has 0 aromatic carbocycles. The van der Waals surface area contributed by atoms with Gasteiger partial charge in [0, 0.05) is 13.1 Å². The summed E-state index contributed by atoms with van der Waals surface area (Å²) in [5.41, 5.74) is 0. The Morgan fingerprint density at radius 1 is 1.24 bits per heavy atom. The molecule has 0 spiro atoms. The number of nitrogens with zero attached hydrogens (tertiary/aromatic N) is 2. The van der Waals surface area contributed by atoms with E-state index >= 15 is 0 Å². The summed E-state index contributed by atoms with van der Waals surface area (Å²) >= 11 is 0. The van der Waals surface area contributed by atoms with Gasteiger partial charge in [-0.2, -0.15) is 0 Å². The maximum absolute atomic E-state index is 5.89. The Morgan fingerprint density at radius 2 is 1.95 bits per heavy atom. The molecule has 0 unspecified atom stereocenters. The molecule has 0 bridgehead atoms. The minimum absolute atomic E-state index is 0.677. The lowest BCUT2D eigenvalue weighted by molar-refractivity contribution is 0.237. The van der Waals surface area contributed by atoms with Crippen molar-refractivity contribution >= 4 is 0 Å². The molecule has 1 saturated heterocycles. The van der Waals surface area contributed by atoms with Gasteiger partial charge in [0.2, 0.25) is 0 Å². The zero-order valence-electron chi connectivity index (χ0n) is 13.9. The van der Waals surface area contributed by atoms with Gasteiger partial charge in [0.1, 0.15) is 11.5 Å². The molecule has 1 N–H and O–H groups in total. The zero-order valence-corrected chi connectivity index (χ0v) is 13.9. The van der Waals surface area contributed by atoms with Crippen LogP contribution in [0.1, 0.15) is 38.2 Å². The van der Waals surface area contributed by atoms with E-state index in [1.165, 1.54) is 32.5 Å². The molecular formula is C17H31N3O. The minimum Gasteiger partial charge on any atom is -0.463 e. The van der Waals surface area contributed by atoms with Crippen LogP contribution in [0.15, 0.2) is 16.5 Å². The predicted octanol–water partition coefficient (Wildman–Crippen LogP) is 2.55. The van der Waals surface area contributed by atoms with E-state index in [-0.39, 0.29) is 0 Å². The quantitative estimate of drug-likeness (QED) is 0.758. The summed E-state index contributed by atoms with van der Waals surface area (Å²) in [6.45, 7) is 12.0. The number of hydrogen-bond acceptors (Lipinski definition) is 4. The molecule has 1 aromatic heterocycles. The van der Waals surface area contributed by atoms with Crippen LogP contribution in [0.4, 0.5) is 0 Å². The first kappa shape index (κ1) is 16.5. The maximum atomic E-state index is 5.89. The van der Waals surface area contributed by atoms with Crippen molar-refractivity contribution in [3.63, 3.8) is 0 Å². The van der Waals surface area contributed by atoms with Gasteiger partial charge in [-0.05, 0) is 57.6 Å². The van der Waals surface area contributed by atoms with Crippen molar-refractivity contribution in [3.05, 3.63) is 23.7 Å². The fourth-order valence-corrected chi connectivity index (χ4v) is 2.75. The summed E-state index contributed by atoms with van der Waals surface area (Å²) in [5, 5.41) is 3.42. The van der Waals surface area contributed by atoms with Crippen LogP contribution in [0, 0.1) is 5.92 Å². The molecule has 4 nitrogen and oxygen atoms in total. The Balaban J connectivity index is 1.66. The number of hydrogen-bond donors (Lipinski definition) is 1. The molecule has 0 atom stereocenters. The highest BCUT2D eigenvalue weighted by Gasteiger charge is 2.12. The van der Waals surface area contributed by atoms with Crippen LogP contribution in [0.3, 0.4) is 0 Å². The lowest BCUT2D eigenvalue weighted by atomic mass is 10.2. The van der Waals surface area contributed by atoms with Crippen molar-refractivity contribution in [1.82, 2.24) is 15.1 Å². The highest BCUT2D eigenvalue weighted by atomic mass is 16.3. The van der Waals surface area contributed by atoms with Crippen molar-refractivity contribution in [3.8, 4) is 0 Å². The zero-order chi connectivity index (χ0) is 15.1. The Morgan fingerprint density at radius 3 is 2.67 bits per heavy atom. The Hall–Kier alpha value is -0.840. The molecule has 1 aliphatic heterocycles. The summed E-state index contributed by atoms with van der Waals surface area (Å²) in [7, 11) is 2.18. The van der Waals surface area contributed by atoms with Gasteiger partial charge in [-0.25, -0.2) is 0 Å². The lowest BCUT2D eigenvalue weighted by Crippen LogP contribution is -2.31. The van der Waals surface area contributed by atoms with E-state index in [0.717, 1.165) is 37.7 Å². The van der Waals surface area contributed by atoms with Crippen LogP contribution >= 0.6 is 0 Å². The lowest BCUT2D eigenvalue weighted by Gasteiger charge is -2.20. The second kappa shape index (κ2) is 8.57. The van der Waals surface area contributed by atoms with Gasteiger partial charge in [0.15, 0.2) is 0 Å². The molecular weight excluding hydrogens is 262 g/mol. The topological polar surface area (TPSA) is 31.6 Å². The molecule has 1 fully saturated rings. The van der Waals surface area contributed by atoms with Crippen LogP contribution in [-0.4, -0.2) is 49.6 Å². The maximum Gasteiger partial charge on any atom is 0.118 e. The second-order valence-corrected chi connectivity index (χ2v) is 6.68. The fourth-order valence-electron chi connectivity index (χ4n) is 2.75. The molecule has 2 heterocycles. The van der Waals surface area contributed by atoms with Crippen LogP contribution in [0.5, 0.6) is 0 Å². The molecule has 0 saturated carbocycles. The predicted molar refractivity (Wildman–Crippen MR) is 87.3 cm³/mol. The van der Waals surface area contributed by atoms with Crippen molar-refractivity contribution in [2.24, 2.45) is 5.92 Å². The molecule has 0 aliphatic carbocycles. The van der Waals surface area contributed by atoms with E-state index in [1.54, 1.807) is 0 Å². The van der Waals surface area contributed by atoms with Gasteiger partial charge >= 0.3 is 0 Å². The van der Waals surface area contributed by atoms with Gasteiger partial charge in [-0.3, -0.25) is 4.90 Å². The number of rotatable bonds is 9. The summed E-state index contributed by atoms with van der Waals surface area (Å²) in [4.78, 5) is 4.91. The molecule has 1 aromatic rings. The number of likely N-dealkylation sites (tertiary alicyclic amines) is 1. The summed E-state index contributed by atoms with van der Waals surface area (Å²) in [6.07, 6.45) is 2.74. The highest BCUT2D eigenvalue weighted by Crippen LogP contribution is 2.11. The van der Waals surface area contributed by atoms with Crippen LogP contribution < -0.4 is 5.32 Å². The fraction of sp³-hybridized carbons (Fsp3) is 0.765. The van der Waals surface area contributed by atoms with Gasteiger partial charge in [-0.1, -0.05) is 13.8 Å². The SMILES string of the molecule is CC(C)CNCc1ccc(CN(C)CCN2CCCC2)o1. The first-order chi connectivity index (χ1) is 10.1. The summed E-state index contributed by atoms with van der Waals surface area (Å²) < 4.78 is 5.89. The van der Waals surface area contributed by atoms with E-state index in [2.05, 4.69) is 48.1 Å². The summed E-state index contributed by atoms with van der Waals surface area (Å²) in [6, 6.07) is 4.20. The van der Waals surface area contributed by atoms with Gasteiger partial charge in [0.05, 0.1) is 13.1 Å². The van der Waals surface area contributed by atoms with Crippen molar-refractivity contribution in [1.29, 1.82) is 0 Å². The second-order valence-electron chi connectivity index (χ2n) is 6.68. The van der Waals surface area contributed by atoms with Crippen LogP contribution in [0.2, 0.25) is 0 Å². The Kier molecular flexibility index (Phi) is 6.74. The molecule has 0 radical (unpaired) electrons. The first-order valence-corrected chi connectivity index (χ1v) is 8.32. The van der Waals surface area contributed by atoms with E-state index in [4.69, 9.17) is 4.42 Å². The van der Waals surface area contributed by atoms with E-state index in [9.17, 15) is 0 Å². The number of nitrogens with one attached hydrogen (secondary N) is 1. The molecule has 2 rings (SSSR count). The third kappa shape index (κ3) is 6.20. The molecule has 0 amide bonds. The molecule has 120 valence electrons. The Labute approximate surface area is 129 Å². The standard InChI is InChI=1S/C17H31N3O/c1-15(2)12-18-13-16-6-7-17(21-16)14-19(3)10-11-20-8-4-5-9-20/h6-7,15,18H,4-5,8-14H2,1-3H3. The van der Waals surface area contributed by atoms with Crippen molar-refractivity contribution in [2.45, 2.75) is 39.8 Å². The number of furan rings is 1. The van der Waals surface area contributed by atoms with Crippen molar-refractivity contribution in [2.75, 3.05) is 39.8 Å². The first-order valence-electron chi connectivity index (χ1n) is 8.32. The van der Waals surface area contributed by atoms with E-state index in [1.807, 2.05) is 0 Å². The number of likely N-dealkylation sites (N-methyl/N-ethyl adjacent to an activating group) is 1. The molecule has 4 heteroatoms. The summed E-state index contributed by atoms with van der Waals surface area (Å²) in [5.74, 6) is 2.79. The normalized spacial score (nSPS) is 16.4. The average molecular weight is 293 g/mol. The highest BCUT2D eigenvalue weighted by molar-refractivity contribution is 5.07. The van der Waals surface area contributed by atoms with Gasteiger partial charge in [-0.15, -0.1) is 0 Å².